The zero-order valence-corrected chi connectivity index (χ0v) is 14.1. The Balaban J connectivity index is 1.69. The van der Waals surface area contributed by atoms with Gasteiger partial charge in [-0.15, -0.1) is 0 Å². The van der Waals surface area contributed by atoms with E-state index in [-0.39, 0.29) is 16.9 Å². The summed E-state index contributed by atoms with van der Waals surface area (Å²) < 4.78 is 0. The van der Waals surface area contributed by atoms with Crippen molar-refractivity contribution in [3.8, 4) is 0 Å². The predicted octanol–water partition coefficient (Wildman–Crippen LogP) is 3.34. The number of carbonyl (C=O) groups is 1. The van der Waals surface area contributed by atoms with Crippen molar-refractivity contribution in [2.45, 2.75) is 57.4 Å². The molecule has 22 heavy (non-hydrogen) atoms. The van der Waals surface area contributed by atoms with Crippen LogP contribution in [-0.2, 0) is 5.41 Å². The third-order valence-corrected chi connectivity index (χ3v) is 5.22. The van der Waals surface area contributed by atoms with Gasteiger partial charge in [0, 0.05) is 24.2 Å². The monoisotopic (exact) mass is 300 g/mol. The first kappa shape index (κ1) is 15.5. The summed E-state index contributed by atoms with van der Waals surface area (Å²) in [7, 11) is 0. The van der Waals surface area contributed by atoms with E-state index in [1.165, 1.54) is 24.8 Å². The second kappa shape index (κ2) is 5.69. The molecule has 1 aromatic carbocycles. The van der Waals surface area contributed by atoms with Gasteiger partial charge >= 0.3 is 0 Å². The van der Waals surface area contributed by atoms with Crippen LogP contribution >= 0.6 is 0 Å². The van der Waals surface area contributed by atoms with Crippen LogP contribution in [0.1, 0.15) is 62.4 Å². The molecule has 1 amide bonds. The topological polar surface area (TPSA) is 32.3 Å². The maximum Gasteiger partial charge on any atom is 0.253 e. The molecule has 2 aliphatic rings. The molecule has 0 radical (unpaired) electrons. The Bertz CT molecular complexity index is 536. The summed E-state index contributed by atoms with van der Waals surface area (Å²) in [6.07, 6.45) is 4.86. The molecule has 3 heteroatoms. The summed E-state index contributed by atoms with van der Waals surface area (Å²) >= 11 is 0. The summed E-state index contributed by atoms with van der Waals surface area (Å²) in [6.45, 7) is 9.44. The van der Waals surface area contributed by atoms with Gasteiger partial charge in [-0.25, -0.2) is 0 Å². The molecular weight excluding hydrogens is 272 g/mol. The summed E-state index contributed by atoms with van der Waals surface area (Å²) in [5, 5.41) is 3.67. The van der Waals surface area contributed by atoms with Crippen LogP contribution in [0.3, 0.4) is 0 Å². The van der Waals surface area contributed by atoms with Crippen LogP contribution in [0.2, 0.25) is 0 Å². The lowest BCUT2D eigenvalue weighted by Gasteiger charge is -2.34. The highest BCUT2D eigenvalue weighted by molar-refractivity contribution is 5.94. The number of nitrogens with zero attached hydrogens (tertiary/aromatic N) is 1. The van der Waals surface area contributed by atoms with E-state index in [0.717, 1.165) is 31.6 Å². The Labute approximate surface area is 134 Å². The number of benzene rings is 1. The van der Waals surface area contributed by atoms with E-state index in [1.54, 1.807) is 0 Å². The molecule has 2 fully saturated rings. The van der Waals surface area contributed by atoms with E-state index in [1.807, 2.05) is 17.0 Å². The van der Waals surface area contributed by atoms with Crippen molar-refractivity contribution < 1.29 is 4.79 Å². The molecule has 0 aromatic heterocycles. The summed E-state index contributed by atoms with van der Waals surface area (Å²) in [4.78, 5) is 14.8. The number of nitrogens with one attached hydrogen (secondary N) is 1. The number of amides is 1. The lowest BCUT2D eigenvalue weighted by molar-refractivity contribution is 0.0775. The first-order valence-corrected chi connectivity index (χ1v) is 8.55. The van der Waals surface area contributed by atoms with Crippen LogP contribution in [-0.4, -0.2) is 36.0 Å². The first-order valence-electron chi connectivity index (χ1n) is 8.55. The average molecular weight is 300 g/mol. The SMILES string of the molecule is CC(C)(C)c1ccc(C(=O)N2CCC3(CCCCN3)C2)cc1. The smallest absolute Gasteiger partial charge is 0.253 e. The molecule has 1 spiro atoms. The predicted molar refractivity (Wildman–Crippen MR) is 90.2 cm³/mol. The first-order chi connectivity index (χ1) is 10.4. The molecule has 2 saturated heterocycles. The third kappa shape index (κ3) is 3.05. The lowest BCUT2D eigenvalue weighted by Crippen LogP contribution is -2.50. The Kier molecular flexibility index (Phi) is 4.02. The number of hydrogen-bond donors (Lipinski definition) is 1. The molecule has 0 aliphatic carbocycles. The normalized spacial score (nSPS) is 25.7. The molecule has 1 unspecified atom stereocenters. The van der Waals surface area contributed by atoms with Gasteiger partial charge in [0.2, 0.25) is 0 Å². The van der Waals surface area contributed by atoms with E-state index in [0.29, 0.717) is 0 Å². The Morgan fingerprint density at radius 1 is 1.14 bits per heavy atom. The molecule has 3 rings (SSSR count). The van der Waals surface area contributed by atoms with Crippen LogP contribution in [0.4, 0.5) is 0 Å². The average Bonchev–Trinajstić information content (AvgIpc) is 2.90. The number of hydrogen-bond acceptors (Lipinski definition) is 2. The molecular formula is C19H28N2O. The van der Waals surface area contributed by atoms with Crippen molar-refractivity contribution in [3.05, 3.63) is 35.4 Å². The molecule has 1 atom stereocenters. The Morgan fingerprint density at radius 2 is 1.86 bits per heavy atom. The van der Waals surface area contributed by atoms with Crippen molar-refractivity contribution in [1.29, 1.82) is 0 Å². The molecule has 2 heterocycles. The molecule has 0 bridgehead atoms. The van der Waals surface area contributed by atoms with Gasteiger partial charge in [-0.2, -0.15) is 0 Å². The van der Waals surface area contributed by atoms with Gasteiger partial charge in [0.05, 0.1) is 0 Å². The fourth-order valence-electron chi connectivity index (χ4n) is 3.72. The van der Waals surface area contributed by atoms with E-state index in [2.05, 4.69) is 38.2 Å². The maximum absolute atomic E-state index is 12.7. The highest BCUT2D eigenvalue weighted by atomic mass is 16.2. The quantitative estimate of drug-likeness (QED) is 0.862. The van der Waals surface area contributed by atoms with Crippen molar-refractivity contribution in [2.24, 2.45) is 0 Å². The van der Waals surface area contributed by atoms with Gasteiger partial charge in [0.1, 0.15) is 0 Å². The molecule has 0 saturated carbocycles. The van der Waals surface area contributed by atoms with Crippen LogP contribution in [0.15, 0.2) is 24.3 Å². The zero-order chi connectivity index (χ0) is 15.8. The maximum atomic E-state index is 12.7. The molecule has 120 valence electrons. The Morgan fingerprint density at radius 3 is 2.45 bits per heavy atom. The van der Waals surface area contributed by atoms with Gasteiger partial charge < -0.3 is 10.2 Å². The number of rotatable bonds is 1. The van der Waals surface area contributed by atoms with Crippen LogP contribution in [0.25, 0.3) is 0 Å². The highest BCUT2D eigenvalue weighted by Gasteiger charge is 2.40. The van der Waals surface area contributed by atoms with Crippen molar-refractivity contribution in [1.82, 2.24) is 10.2 Å². The van der Waals surface area contributed by atoms with Gasteiger partial charge in [-0.05, 0) is 48.9 Å². The molecule has 1 aromatic rings. The van der Waals surface area contributed by atoms with Crippen LogP contribution in [0, 0.1) is 0 Å². The Hall–Kier alpha value is -1.35. The van der Waals surface area contributed by atoms with Crippen LogP contribution < -0.4 is 5.32 Å². The number of piperidine rings is 1. The van der Waals surface area contributed by atoms with Gasteiger partial charge in [-0.3, -0.25) is 4.79 Å². The van der Waals surface area contributed by atoms with E-state index < -0.39 is 0 Å². The summed E-state index contributed by atoms with van der Waals surface area (Å²) in [5.74, 6) is 0.185. The van der Waals surface area contributed by atoms with Gasteiger partial charge in [0.15, 0.2) is 0 Å². The standard InChI is InChI=1S/C19H28N2O/c1-18(2,3)16-8-6-15(7-9-16)17(22)21-13-11-19(14-21)10-4-5-12-20-19/h6-9,20H,4-5,10-14H2,1-3H3. The summed E-state index contributed by atoms with van der Waals surface area (Å²) in [5.41, 5.74) is 2.42. The minimum Gasteiger partial charge on any atom is -0.337 e. The molecule has 1 N–H and O–H groups in total. The highest BCUT2D eigenvalue weighted by Crippen LogP contribution is 2.30. The van der Waals surface area contributed by atoms with Crippen molar-refractivity contribution in [2.75, 3.05) is 19.6 Å². The van der Waals surface area contributed by atoms with Crippen LogP contribution in [0.5, 0.6) is 0 Å². The minimum atomic E-state index is 0.130. The number of carbonyl (C=O) groups excluding carboxylic acids is 1. The zero-order valence-electron chi connectivity index (χ0n) is 14.1. The van der Waals surface area contributed by atoms with Gasteiger partial charge in [-0.1, -0.05) is 39.3 Å². The fourth-order valence-corrected chi connectivity index (χ4v) is 3.72. The van der Waals surface area contributed by atoms with Crippen molar-refractivity contribution in [3.63, 3.8) is 0 Å². The molecule has 3 nitrogen and oxygen atoms in total. The second-order valence-corrected chi connectivity index (χ2v) is 7.97. The minimum absolute atomic E-state index is 0.130. The third-order valence-electron chi connectivity index (χ3n) is 5.22. The lowest BCUT2D eigenvalue weighted by atomic mass is 9.86. The van der Waals surface area contributed by atoms with Gasteiger partial charge in [0.25, 0.3) is 5.91 Å². The largest absolute Gasteiger partial charge is 0.337 e. The molecule has 2 aliphatic heterocycles. The van der Waals surface area contributed by atoms with E-state index >= 15 is 0 Å². The fraction of sp³-hybridized carbons (Fsp3) is 0.632. The van der Waals surface area contributed by atoms with E-state index in [4.69, 9.17) is 0 Å². The number of likely N-dealkylation sites (tertiary alicyclic amines) is 1. The second-order valence-electron chi connectivity index (χ2n) is 7.97. The van der Waals surface area contributed by atoms with Crippen molar-refractivity contribution >= 4 is 5.91 Å². The van der Waals surface area contributed by atoms with E-state index in [9.17, 15) is 4.79 Å². The summed E-state index contributed by atoms with van der Waals surface area (Å²) in [6, 6.07) is 8.17.